The highest BCUT2D eigenvalue weighted by Gasteiger charge is 2.15. The van der Waals surface area contributed by atoms with E-state index in [1.807, 2.05) is 11.4 Å². The second-order valence-corrected chi connectivity index (χ2v) is 6.36. The molecule has 0 aromatic carbocycles. The van der Waals surface area contributed by atoms with Crippen LogP contribution in [0, 0.1) is 0 Å². The van der Waals surface area contributed by atoms with Crippen molar-refractivity contribution in [1.29, 1.82) is 0 Å². The normalized spacial score (nSPS) is 13.0. The Balaban J connectivity index is 2.32. The standard InChI is InChI=1S/C9H8BrClN2S2/c1-2-5(10)8-12-13-9(15-8)7-6(11)3-4-14-7/h3-5H,2H2,1H3. The summed E-state index contributed by atoms with van der Waals surface area (Å²) in [4.78, 5) is 1.30. The number of rotatable bonds is 3. The summed E-state index contributed by atoms with van der Waals surface area (Å²) in [7, 11) is 0. The second-order valence-electron chi connectivity index (χ2n) is 2.92. The monoisotopic (exact) mass is 322 g/mol. The van der Waals surface area contributed by atoms with Crippen LogP contribution in [-0.2, 0) is 0 Å². The van der Waals surface area contributed by atoms with Crippen molar-refractivity contribution in [1.82, 2.24) is 10.2 Å². The van der Waals surface area contributed by atoms with Crippen molar-refractivity contribution in [2.75, 3.05) is 0 Å². The first kappa shape index (κ1) is 11.5. The summed E-state index contributed by atoms with van der Waals surface area (Å²) >= 11 is 12.8. The van der Waals surface area contributed by atoms with Gasteiger partial charge in [0.1, 0.15) is 5.01 Å². The lowest BCUT2D eigenvalue weighted by Gasteiger charge is -1.97. The number of hydrogen-bond acceptors (Lipinski definition) is 4. The largest absolute Gasteiger partial charge is 0.159 e. The first-order valence-corrected chi connectivity index (χ1v) is 7.42. The molecule has 1 unspecified atom stereocenters. The molecule has 2 aromatic rings. The highest BCUT2D eigenvalue weighted by atomic mass is 79.9. The predicted molar refractivity (Wildman–Crippen MR) is 70.2 cm³/mol. The molecule has 6 heteroatoms. The molecule has 1 atom stereocenters. The Labute approximate surface area is 109 Å². The van der Waals surface area contributed by atoms with Crippen molar-refractivity contribution in [3.05, 3.63) is 21.5 Å². The van der Waals surface area contributed by atoms with E-state index in [2.05, 4.69) is 33.1 Å². The number of hydrogen-bond donors (Lipinski definition) is 0. The van der Waals surface area contributed by atoms with Gasteiger partial charge in [-0.3, -0.25) is 0 Å². The Bertz CT molecular complexity index is 454. The summed E-state index contributed by atoms with van der Waals surface area (Å²) in [5.41, 5.74) is 0. The van der Waals surface area contributed by atoms with Gasteiger partial charge in [0.15, 0.2) is 5.01 Å². The summed E-state index contributed by atoms with van der Waals surface area (Å²) in [5, 5.41) is 12.9. The van der Waals surface area contributed by atoms with Crippen LogP contribution < -0.4 is 0 Å². The van der Waals surface area contributed by atoms with E-state index in [1.54, 1.807) is 22.7 Å². The molecule has 2 nitrogen and oxygen atoms in total. The van der Waals surface area contributed by atoms with Crippen molar-refractivity contribution in [3.63, 3.8) is 0 Å². The fourth-order valence-electron chi connectivity index (χ4n) is 1.07. The smallest absolute Gasteiger partial charge is 0.142 e. The van der Waals surface area contributed by atoms with Crippen LogP contribution in [0.2, 0.25) is 5.02 Å². The molecule has 0 saturated heterocycles. The van der Waals surface area contributed by atoms with Gasteiger partial charge < -0.3 is 0 Å². The molecule has 2 aromatic heterocycles. The van der Waals surface area contributed by atoms with Crippen LogP contribution in [0.15, 0.2) is 11.4 Å². The number of alkyl halides is 1. The van der Waals surface area contributed by atoms with E-state index >= 15 is 0 Å². The van der Waals surface area contributed by atoms with Crippen LogP contribution >= 0.6 is 50.2 Å². The van der Waals surface area contributed by atoms with Crippen molar-refractivity contribution < 1.29 is 0 Å². The quantitative estimate of drug-likeness (QED) is 0.761. The molecule has 0 aliphatic rings. The fourth-order valence-corrected chi connectivity index (χ4v) is 3.65. The molecule has 0 saturated carbocycles. The van der Waals surface area contributed by atoms with E-state index in [1.165, 1.54) is 0 Å². The zero-order valence-electron chi connectivity index (χ0n) is 7.91. The molecule has 2 rings (SSSR count). The summed E-state index contributed by atoms with van der Waals surface area (Å²) < 4.78 is 0. The van der Waals surface area contributed by atoms with Crippen molar-refractivity contribution in [2.24, 2.45) is 0 Å². The van der Waals surface area contributed by atoms with Crippen molar-refractivity contribution >= 4 is 50.2 Å². The maximum Gasteiger partial charge on any atom is 0.159 e. The summed E-state index contributed by atoms with van der Waals surface area (Å²) in [5.74, 6) is 0. The molecular weight excluding hydrogens is 316 g/mol. The van der Waals surface area contributed by atoms with E-state index in [4.69, 9.17) is 11.6 Å². The number of halogens is 2. The highest BCUT2D eigenvalue weighted by molar-refractivity contribution is 9.09. The van der Waals surface area contributed by atoms with E-state index in [-0.39, 0.29) is 0 Å². The molecule has 0 spiro atoms. The summed E-state index contributed by atoms with van der Waals surface area (Å²) in [6, 6.07) is 1.88. The van der Waals surface area contributed by atoms with Gasteiger partial charge >= 0.3 is 0 Å². The van der Waals surface area contributed by atoms with Gasteiger partial charge in [-0.15, -0.1) is 21.5 Å². The van der Waals surface area contributed by atoms with Gasteiger partial charge in [-0.25, -0.2) is 0 Å². The first-order valence-electron chi connectivity index (χ1n) is 4.43. The zero-order valence-corrected chi connectivity index (χ0v) is 11.9. The Morgan fingerprint density at radius 2 is 2.33 bits per heavy atom. The maximum absolute atomic E-state index is 6.03. The van der Waals surface area contributed by atoms with E-state index in [0.29, 0.717) is 4.83 Å². The molecular formula is C9H8BrClN2S2. The van der Waals surface area contributed by atoms with E-state index in [0.717, 1.165) is 26.3 Å². The van der Waals surface area contributed by atoms with Crippen LogP contribution in [0.25, 0.3) is 9.88 Å². The first-order chi connectivity index (χ1) is 7.22. The van der Waals surface area contributed by atoms with Gasteiger partial charge in [-0.1, -0.05) is 45.8 Å². The minimum absolute atomic E-state index is 0.294. The molecule has 2 heterocycles. The Morgan fingerprint density at radius 1 is 1.53 bits per heavy atom. The molecule has 0 bridgehead atoms. The minimum atomic E-state index is 0.294. The van der Waals surface area contributed by atoms with Gasteiger partial charge in [0.2, 0.25) is 0 Å². The van der Waals surface area contributed by atoms with Crippen molar-refractivity contribution in [3.8, 4) is 9.88 Å². The molecule has 0 fully saturated rings. The summed E-state index contributed by atoms with van der Waals surface area (Å²) in [6.45, 7) is 2.11. The number of thiophene rings is 1. The van der Waals surface area contributed by atoms with E-state index < -0.39 is 0 Å². The van der Waals surface area contributed by atoms with Crippen LogP contribution in [0.3, 0.4) is 0 Å². The molecule has 0 N–H and O–H groups in total. The molecule has 0 aliphatic carbocycles. The van der Waals surface area contributed by atoms with E-state index in [9.17, 15) is 0 Å². The van der Waals surface area contributed by atoms with Crippen molar-refractivity contribution in [2.45, 2.75) is 18.2 Å². The summed E-state index contributed by atoms with van der Waals surface area (Å²) in [6.07, 6.45) is 1.01. The average molecular weight is 324 g/mol. The molecule has 0 amide bonds. The second kappa shape index (κ2) is 4.91. The average Bonchev–Trinajstić information content (AvgIpc) is 2.84. The Kier molecular flexibility index (Phi) is 3.77. The van der Waals surface area contributed by atoms with Crippen LogP contribution in [0.4, 0.5) is 0 Å². The predicted octanol–water partition coefficient (Wildman–Crippen LogP) is 4.77. The minimum Gasteiger partial charge on any atom is -0.142 e. The van der Waals surface area contributed by atoms with Gasteiger partial charge in [0, 0.05) is 0 Å². The third-order valence-corrected chi connectivity index (χ3v) is 5.79. The number of nitrogens with zero attached hydrogens (tertiary/aromatic N) is 2. The van der Waals surface area contributed by atoms with Crippen LogP contribution in [0.5, 0.6) is 0 Å². The van der Waals surface area contributed by atoms with Gasteiger partial charge in [0.05, 0.1) is 14.7 Å². The lowest BCUT2D eigenvalue weighted by molar-refractivity contribution is 0.870. The van der Waals surface area contributed by atoms with Gasteiger partial charge in [-0.05, 0) is 17.9 Å². The number of aromatic nitrogens is 2. The molecule has 80 valence electrons. The highest BCUT2D eigenvalue weighted by Crippen LogP contribution is 2.38. The Morgan fingerprint density at radius 3 is 2.93 bits per heavy atom. The maximum atomic E-state index is 6.03. The molecule has 0 aliphatic heterocycles. The third-order valence-electron chi connectivity index (χ3n) is 1.88. The lowest BCUT2D eigenvalue weighted by Crippen LogP contribution is -1.84. The lowest BCUT2D eigenvalue weighted by atomic mass is 10.4. The van der Waals surface area contributed by atoms with Crippen LogP contribution in [-0.4, -0.2) is 10.2 Å². The third kappa shape index (κ3) is 2.41. The van der Waals surface area contributed by atoms with Gasteiger partial charge in [-0.2, -0.15) is 0 Å². The van der Waals surface area contributed by atoms with Crippen LogP contribution in [0.1, 0.15) is 23.2 Å². The topological polar surface area (TPSA) is 25.8 Å². The zero-order chi connectivity index (χ0) is 10.8. The Hall–Kier alpha value is 0.0300. The SMILES string of the molecule is CCC(Br)c1nnc(-c2sccc2Cl)s1. The molecule has 0 radical (unpaired) electrons. The van der Waals surface area contributed by atoms with Gasteiger partial charge in [0.25, 0.3) is 0 Å². The molecule has 15 heavy (non-hydrogen) atoms. The fraction of sp³-hybridized carbons (Fsp3) is 0.333.